The molecular weight excluding hydrogens is 289 g/mol. The number of rotatable bonds is 1. The van der Waals surface area contributed by atoms with Gasteiger partial charge in [0.05, 0.1) is 5.56 Å². The molecule has 1 saturated heterocycles. The second kappa shape index (κ2) is 3.88. The topological polar surface area (TPSA) is 20.3 Å². The normalized spacial score (nSPS) is 15.1. The maximum absolute atomic E-state index is 12.0. The van der Waals surface area contributed by atoms with E-state index in [0.717, 1.165) is 34.2 Å². The standard InChI is InChI=1S/C11H12INO/c1-8-4-2-5-9(12)10(8)11(14)13-6-3-7-13/h2,4-5H,3,6-7H2,1H3. The Balaban J connectivity index is 2.34. The summed E-state index contributed by atoms with van der Waals surface area (Å²) in [6, 6.07) is 5.97. The number of amides is 1. The fourth-order valence-corrected chi connectivity index (χ4v) is 2.44. The van der Waals surface area contributed by atoms with Crippen LogP contribution < -0.4 is 0 Å². The van der Waals surface area contributed by atoms with Gasteiger partial charge in [-0.3, -0.25) is 4.79 Å². The first-order chi connectivity index (χ1) is 6.70. The number of hydrogen-bond acceptors (Lipinski definition) is 1. The van der Waals surface area contributed by atoms with Crippen LogP contribution in [-0.4, -0.2) is 23.9 Å². The van der Waals surface area contributed by atoms with Crippen molar-refractivity contribution in [3.05, 3.63) is 32.9 Å². The summed E-state index contributed by atoms with van der Waals surface area (Å²) in [5.41, 5.74) is 1.96. The molecule has 1 amide bonds. The summed E-state index contributed by atoms with van der Waals surface area (Å²) >= 11 is 2.23. The van der Waals surface area contributed by atoms with Crippen LogP contribution in [0.15, 0.2) is 18.2 Å². The number of aryl methyl sites for hydroxylation is 1. The van der Waals surface area contributed by atoms with E-state index in [4.69, 9.17) is 0 Å². The molecule has 1 aromatic rings. The smallest absolute Gasteiger partial charge is 0.255 e. The van der Waals surface area contributed by atoms with Crippen molar-refractivity contribution in [2.45, 2.75) is 13.3 Å². The number of likely N-dealkylation sites (tertiary alicyclic amines) is 1. The molecule has 1 aliphatic rings. The molecule has 2 nitrogen and oxygen atoms in total. The van der Waals surface area contributed by atoms with Crippen molar-refractivity contribution in [2.24, 2.45) is 0 Å². The van der Waals surface area contributed by atoms with Crippen molar-refractivity contribution < 1.29 is 4.79 Å². The van der Waals surface area contributed by atoms with Crippen LogP contribution in [0.1, 0.15) is 22.3 Å². The van der Waals surface area contributed by atoms with E-state index in [1.54, 1.807) is 0 Å². The minimum absolute atomic E-state index is 0.193. The molecule has 0 radical (unpaired) electrons. The van der Waals surface area contributed by atoms with Crippen molar-refractivity contribution in [1.29, 1.82) is 0 Å². The number of hydrogen-bond donors (Lipinski definition) is 0. The Hall–Kier alpha value is -0.580. The third kappa shape index (κ3) is 1.65. The lowest BCUT2D eigenvalue weighted by Crippen LogP contribution is -2.42. The van der Waals surface area contributed by atoms with Crippen molar-refractivity contribution in [3.63, 3.8) is 0 Å². The molecule has 0 N–H and O–H groups in total. The van der Waals surface area contributed by atoms with E-state index in [1.165, 1.54) is 0 Å². The zero-order chi connectivity index (χ0) is 10.1. The highest BCUT2D eigenvalue weighted by Gasteiger charge is 2.24. The lowest BCUT2D eigenvalue weighted by atomic mass is 10.1. The van der Waals surface area contributed by atoms with Crippen molar-refractivity contribution in [3.8, 4) is 0 Å². The first-order valence-corrected chi connectivity index (χ1v) is 5.82. The fourth-order valence-electron chi connectivity index (χ4n) is 1.58. The second-order valence-electron chi connectivity index (χ2n) is 3.58. The predicted octanol–water partition coefficient (Wildman–Crippen LogP) is 2.45. The number of carbonyl (C=O) groups excluding carboxylic acids is 1. The van der Waals surface area contributed by atoms with Crippen LogP contribution in [0.25, 0.3) is 0 Å². The van der Waals surface area contributed by atoms with Crippen LogP contribution in [-0.2, 0) is 0 Å². The van der Waals surface area contributed by atoms with Crippen LogP contribution in [0.4, 0.5) is 0 Å². The molecule has 0 saturated carbocycles. The molecule has 0 atom stereocenters. The Kier molecular flexibility index (Phi) is 2.76. The SMILES string of the molecule is Cc1cccc(I)c1C(=O)N1CCC1. The van der Waals surface area contributed by atoms with Gasteiger partial charge in [0, 0.05) is 16.7 Å². The predicted molar refractivity (Wildman–Crippen MR) is 64.4 cm³/mol. The summed E-state index contributed by atoms with van der Waals surface area (Å²) in [5.74, 6) is 0.193. The molecule has 0 aliphatic carbocycles. The van der Waals surface area contributed by atoms with E-state index in [0.29, 0.717) is 0 Å². The molecule has 14 heavy (non-hydrogen) atoms. The third-order valence-corrected chi connectivity index (χ3v) is 3.48. The number of halogens is 1. The third-order valence-electron chi connectivity index (χ3n) is 2.58. The van der Waals surface area contributed by atoms with Crippen LogP contribution in [0, 0.1) is 10.5 Å². The molecule has 0 unspecified atom stereocenters. The minimum Gasteiger partial charge on any atom is -0.338 e. The highest BCUT2D eigenvalue weighted by Crippen LogP contribution is 2.20. The Morgan fingerprint density at radius 1 is 1.43 bits per heavy atom. The van der Waals surface area contributed by atoms with E-state index in [1.807, 2.05) is 30.0 Å². The summed E-state index contributed by atoms with van der Waals surface area (Å²) in [4.78, 5) is 13.9. The first-order valence-electron chi connectivity index (χ1n) is 4.74. The van der Waals surface area contributed by atoms with Crippen LogP contribution in [0.3, 0.4) is 0 Å². The zero-order valence-electron chi connectivity index (χ0n) is 8.09. The van der Waals surface area contributed by atoms with Gasteiger partial charge in [-0.25, -0.2) is 0 Å². The monoisotopic (exact) mass is 301 g/mol. The van der Waals surface area contributed by atoms with E-state index >= 15 is 0 Å². The van der Waals surface area contributed by atoms with Gasteiger partial charge >= 0.3 is 0 Å². The van der Waals surface area contributed by atoms with Crippen LogP contribution in [0.5, 0.6) is 0 Å². The van der Waals surface area contributed by atoms with Gasteiger partial charge in [0.1, 0.15) is 0 Å². The maximum atomic E-state index is 12.0. The first kappa shape index (κ1) is 9.96. The lowest BCUT2D eigenvalue weighted by Gasteiger charge is -2.31. The lowest BCUT2D eigenvalue weighted by molar-refractivity contribution is 0.0650. The van der Waals surface area contributed by atoms with Gasteiger partial charge in [-0.2, -0.15) is 0 Å². The van der Waals surface area contributed by atoms with Crippen LogP contribution >= 0.6 is 22.6 Å². The van der Waals surface area contributed by atoms with E-state index in [-0.39, 0.29) is 5.91 Å². The Morgan fingerprint density at radius 2 is 2.14 bits per heavy atom. The Bertz CT molecular complexity index is 351. The van der Waals surface area contributed by atoms with Gasteiger partial charge in [-0.1, -0.05) is 12.1 Å². The number of benzene rings is 1. The Labute approximate surface area is 97.4 Å². The van der Waals surface area contributed by atoms with Gasteiger partial charge in [-0.15, -0.1) is 0 Å². The van der Waals surface area contributed by atoms with Gasteiger partial charge in [0.2, 0.25) is 0 Å². The largest absolute Gasteiger partial charge is 0.338 e. The molecular formula is C11H12INO. The van der Waals surface area contributed by atoms with Gasteiger partial charge in [0.15, 0.2) is 0 Å². The summed E-state index contributed by atoms with van der Waals surface area (Å²) < 4.78 is 1.06. The molecule has 1 aromatic carbocycles. The molecule has 1 fully saturated rings. The van der Waals surface area contributed by atoms with Crippen molar-refractivity contribution >= 4 is 28.5 Å². The minimum atomic E-state index is 0.193. The van der Waals surface area contributed by atoms with E-state index in [2.05, 4.69) is 22.6 Å². The highest BCUT2D eigenvalue weighted by atomic mass is 127. The summed E-state index contributed by atoms with van der Waals surface area (Å²) in [6.07, 6.45) is 1.15. The molecule has 0 aromatic heterocycles. The molecule has 3 heteroatoms. The summed E-state index contributed by atoms with van der Waals surface area (Å²) in [6.45, 7) is 3.83. The van der Waals surface area contributed by atoms with Crippen molar-refractivity contribution in [1.82, 2.24) is 4.90 Å². The van der Waals surface area contributed by atoms with Gasteiger partial charge < -0.3 is 4.90 Å². The second-order valence-corrected chi connectivity index (χ2v) is 4.74. The van der Waals surface area contributed by atoms with Crippen molar-refractivity contribution in [2.75, 3.05) is 13.1 Å². The fraction of sp³-hybridized carbons (Fsp3) is 0.364. The average Bonchev–Trinajstić information content (AvgIpc) is 2.00. The molecule has 1 aliphatic heterocycles. The molecule has 74 valence electrons. The zero-order valence-corrected chi connectivity index (χ0v) is 10.2. The summed E-state index contributed by atoms with van der Waals surface area (Å²) in [5, 5.41) is 0. The van der Waals surface area contributed by atoms with E-state index in [9.17, 15) is 4.79 Å². The van der Waals surface area contributed by atoms with Gasteiger partial charge in [0.25, 0.3) is 5.91 Å². The average molecular weight is 301 g/mol. The van der Waals surface area contributed by atoms with Crippen LogP contribution in [0.2, 0.25) is 0 Å². The molecule has 0 spiro atoms. The number of carbonyl (C=O) groups is 1. The van der Waals surface area contributed by atoms with Gasteiger partial charge in [-0.05, 0) is 47.6 Å². The molecule has 2 rings (SSSR count). The Morgan fingerprint density at radius 3 is 2.64 bits per heavy atom. The molecule has 0 bridgehead atoms. The maximum Gasteiger partial charge on any atom is 0.255 e. The molecule has 1 heterocycles. The highest BCUT2D eigenvalue weighted by molar-refractivity contribution is 14.1. The quantitative estimate of drug-likeness (QED) is 0.730. The van der Waals surface area contributed by atoms with E-state index < -0.39 is 0 Å². The number of nitrogens with zero attached hydrogens (tertiary/aromatic N) is 1. The summed E-state index contributed by atoms with van der Waals surface area (Å²) in [7, 11) is 0.